The molecular formula is C27H21F2N3O2. The van der Waals surface area contributed by atoms with Crippen LogP contribution in [0.4, 0.5) is 8.78 Å². The van der Waals surface area contributed by atoms with Crippen LogP contribution in [0.25, 0.3) is 22.0 Å². The molecule has 7 heteroatoms. The van der Waals surface area contributed by atoms with E-state index < -0.39 is 17.5 Å². The van der Waals surface area contributed by atoms with Crippen LogP contribution in [0.1, 0.15) is 33.3 Å². The highest BCUT2D eigenvalue weighted by molar-refractivity contribution is 5.90. The molecule has 5 aromatic rings. The zero-order valence-electron chi connectivity index (χ0n) is 18.1. The number of benzene rings is 3. The first kappa shape index (κ1) is 21.6. The number of aromatic amines is 1. The molecular weight excluding hydrogens is 436 g/mol. The summed E-state index contributed by atoms with van der Waals surface area (Å²) in [6.07, 6.45) is 2.42. The van der Waals surface area contributed by atoms with Crippen LogP contribution < -0.4 is 5.73 Å². The van der Waals surface area contributed by atoms with Crippen LogP contribution in [-0.4, -0.2) is 16.0 Å². The summed E-state index contributed by atoms with van der Waals surface area (Å²) >= 11 is 0. The number of fused-ring (bicyclic) bond motifs is 1. The summed E-state index contributed by atoms with van der Waals surface area (Å²) in [5.41, 5.74) is 9.55. The van der Waals surface area contributed by atoms with E-state index in [0.717, 1.165) is 39.7 Å². The second-order valence-electron chi connectivity index (χ2n) is 8.25. The standard InChI is InChI=1S/C27H21F2N3O2/c28-20-7-8-24(29)19(11-20)10-18(12-21-14-26(27(30)33)32-34-21)23-15-31-25-9-6-17(13-22(23)25)16-4-2-1-3-5-16/h1-9,11,13-15,18,31H,10,12H2,(H2,30,33). The van der Waals surface area contributed by atoms with Crippen molar-refractivity contribution in [1.82, 2.24) is 10.1 Å². The molecule has 2 heterocycles. The lowest BCUT2D eigenvalue weighted by atomic mass is 9.87. The highest BCUT2D eigenvalue weighted by Gasteiger charge is 2.22. The fourth-order valence-corrected chi connectivity index (χ4v) is 4.32. The van der Waals surface area contributed by atoms with E-state index in [0.29, 0.717) is 12.2 Å². The summed E-state index contributed by atoms with van der Waals surface area (Å²) in [5.74, 6) is -1.53. The number of carbonyl (C=O) groups is 1. The molecule has 0 spiro atoms. The van der Waals surface area contributed by atoms with E-state index in [-0.39, 0.29) is 23.6 Å². The van der Waals surface area contributed by atoms with Gasteiger partial charge in [0.05, 0.1) is 0 Å². The van der Waals surface area contributed by atoms with E-state index in [1.54, 1.807) is 0 Å². The third kappa shape index (κ3) is 4.32. The Bertz CT molecular complexity index is 1470. The van der Waals surface area contributed by atoms with E-state index in [9.17, 15) is 13.6 Å². The average Bonchev–Trinajstić information content (AvgIpc) is 3.48. The van der Waals surface area contributed by atoms with Gasteiger partial charge in [-0.15, -0.1) is 0 Å². The fourth-order valence-electron chi connectivity index (χ4n) is 4.32. The number of nitrogens with two attached hydrogens (primary N) is 1. The lowest BCUT2D eigenvalue weighted by Crippen LogP contribution is -2.11. The van der Waals surface area contributed by atoms with Crippen LogP contribution in [0.15, 0.2) is 83.5 Å². The normalized spacial score (nSPS) is 12.2. The van der Waals surface area contributed by atoms with Crippen molar-refractivity contribution in [3.8, 4) is 11.1 Å². The number of nitrogens with one attached hydrogen (secondary N) is 1. The SMILES string of the molecule is NC(=O)c1cc(CC(Cc2cc(F)ccc2F)c2c[nH]c3ccc(-c4ccccc4)cc23)on1. The van der Waals surface area contributed by atoms with Gasteiger partial charge < -0.3 is 15.2 Å². The molecule has 1 unspecified atom stereocenters. The Hall–Kier alpha value is -4.26. The molecule has 1 amide bonds. The first-order valence-electron chi connectivity index (χ1n) is 10.8. The number of hydrogen-bond donors (Lipinski definition) is 2. The molecule has 0 fully saturated rings. The predicted octanol–water partition coefficient (Wildman–Crippen LogP) is 5.77. The van der Waals surface area contributed by atoms with Crippen molar-refractivity contribution in [2.45, 2.75) is 18.8 Å². The van der Waals surface area contributed by atoms with Gasteiger partial charge in [0, 0.05) is 29.6 Å². The molecule has 0 saturated carbocycles. The lowest BCUT2D eigenvalue weighted by Gasteiger charge is -2.16. The Balaban J connectivity index is 1.58. The number of amides is 1. The van der Waals surface area contributed by atoms with E-state index in [4.69, 9.17) is 10.3 Å². The molecule has 0 saturated heterocycles. The Morgan fingerprint density at radius 3 is 2.56 bits per heavy atom. The number of rotatable bonds is 7. The van der Waals surface area contributed by atoms with E-state index in [2.05, 4.69) is 16.2 Å². The molecule has 2 aromatic heterocycles. The van der Waals surface area contributed by atoms with Gasteiger partial charge in [0.2, 0.25) is 0 Å². The van der Waals surface area contributed by atoms with Crippen LogP contribution >= 0.6 is 0 Å². The maximum atomic E-state index is 14.5. The second kappa shape index (κ2) is 8.94. The number of primary amides is 1. The van der Waals surface area contributed by atoms with Crippen molar-refractivity contribution in [2.75, 3.05) is 0 Å². The van der Waals surface area contributed by atoms with E-state index in [1.165, 1.54) is 12.1 Å². The van der Waals surface area contributed by atoms with Crippen molar-refractivity contribution in [2.24, 2.45) is 5.73 Å². The molecule has 5 nitrogen and oxygen atoms in total. The van der Waals surface area contributed by atoms with Gasteiger partial charge in [-0.05, 0) is 64.9 Å². The van der Waals surface area contributed by atoms with E-state index in [1.807, 2.05) is 48.7 Å². The lowest BCUT2D eigenvalue weighted by molar-refractivity contribution is 0.0991. The molecule has 3 aromatic carbocycles. The fraction of sp³-hybridized carbons (Fsp3) is 0.111. The van der Waals surface area contributed by atoms with Crippen molar-refractivity contribution < 1.29 is 18.1 Å². The van der Waals surface area contributed by atoms with Crippen molar-refractivity contribution in [3.63, 3.8) is 0 Å². The maximum Gasteiger partial charge on any atom is 0.270 e. The molecule has 0 aliphatic carbocycles. The summed E-state index contributed by atoms with van der Waals surface area (Å²) in [6, 6.07) is 21.0. The molecule has 0 aliphatic heterocycles. The van der Waals surface area contributed by atoms with Crippen molar-refractivity contribution in [1.29, 1.82) is 0 Å². The summed E-state index contributed by atoms with van der Waals surface area (Å²) in [4.78, 5) is 14.7. The van der Waals surface area contributed by atoms with E-state index >= 15 is 0 Å². The Labute approximate surface area is 194 Å². The van der Waals surface area contributed by atoms with Crippen LogP contribution in [-0.2, 0) is 12.8 Å². The third-order valence-corrected chi connectivity index (χ3v) is 5.99. The summed E-state index contributed by atoms with van der Waals surface area (Å²) in [7, 11) is 0. The maximum absolute atomic E-state index is 14.5. The van der Waals surface area contributed by atoms with Gasteiger partial charge in [0.1, 0.15) is 17.4 Å². The first-order chi connectivity index (χ1) is 16.5. The number of aromatic nitrogens is 2. The van der Waals surface area contributed by atoms with Gasteiger partial charge in [-0.1, -0.05) is 41.6 Å². The quantitative estimate of drug-likeness (QED) is 0.325. The molecule has 3 N–H and O–H groups in total. The van der Waals surface area contributed by atoms with Gasteiger partial charge in [0.15, 0.2) is 5.69 Å². The molecule has 1 atom stereocenters. The van der Waals surface area contributed by atoms with Gasteiger partial charge in [0.25, 0.3) is 5.91 Å². The smallest absolute Gasteiger partial charge is 0.270 e. The topological polar surface area (TPSA) is 84.9 Å². The molecule has 5 rings (SSSR count). The first-order valence-corrected chi connectivity index (χ1v) is 10.8. The summed E-state index contributed by atoms with van der Waals surface area (Å²) < 4.78 is 33.8. The number of halogens is 2. The zero-order valence-corrected chi connectivity index (χ0v) is 18.1. The van der Waals surface area contributed by atoms with Crippen LogP contribution in [0.2, 0.25) is 0 Å². The van der Waals surface area contributed by atoms with Crippen molar-refractivity contribution in [3.05, 3.63) is 113 Å². The number of nitrogens with zero attached hydrogens (tertiary/aromatic N) is 1. The zero-order chi connectivity index (χ0) is 23.7. The van der Waals surface area contributed by atoms with Crippen LogP contribution in [0, 0.1) is 11.6 Å². The van der Waals surface area contributed by atoms with Crippen molar-refractivity contribution >= 4 is 16.8 Å². The van der Waals surface area contributed by atoms with Crippen LogP contribution in [0.5, 0.6) is 0 Å². The minimum Gasteiger partial charge on any atom is -0.364 e. The monoisotopic (exact) mass is 457 g/mol. The second-order valence-corrected chi connectivity index (χ2v) is 8.25. The highest BCUT2D eigenvalue weighted by atomic mass is 19.1. The molecule has 34 heavy (non-hydrogen) atoms. The predicted molar refractivity (Wildman–Crippen MR) is 125 cm³/mol. The number of carbonyl (C=O) groups excluding carboxylic acids is 1. The Morgan fingerprint density at radius 1 is 0.971 bits per heavy atom. The van der Waals surface area contributed by atoms with Gasteiger partial charge in [-0.2, -0.15) is 0 Å². The van der Waals surface area contributed by atoms with Gasteiger partial charge in [-0.25, -0.2) is 8.78 Å². The summed E-state index contributed by atoms with van der Waals surface area (Å²) in [6.45, 7) is 0. The van der Waals surface area contributed by atoms with Crippen LogP contribution in [0.3, 0.4) is 0 Å². The molecule has 0 bridgehead atoms. The molecule has 0 aliphatic rings. The highest BCUT2D eigenvalue weighted by Crippen LogP contribution is 2.34. The van der Waals surface area contributed by atoms with Gasteiger partial charge >= 0.3 is 0 Å². The molecule has 0 radical (unpaired) electrons. The largest absolute Gasteiger partial charge is 0.364 e. The Kier molecular flexibility index (Phi) is 5.67. The minimum atomic E-state index is -0.692. The minimum absolute atomic E-state index is 0.0241. The third-order valence-electron chi connectivity index (χ3n) is 5.99. The molecule has 170 valence electrons. The Morgan fingerprint density at radius 2 is 1.79 bits per heavy atom. The number of H-pyrrole nitrogens is 1. The average molecular weight is 457 g/mol. The number of hydrogen-bond acceptors (Lipinski definition) is 3. The van der Waals surface area contributed by atoms with Gasteiger partial charge in [-0.3, -0.25) is 4.79 Å². The summed E-state index contributed by atoms with van der Waals surface area (Å²) in [5, 5.41) is 4.68.